The predicted molar refractivity (Wildman–Crippen MR) is 91.1 cm³/mol. The lowest BCUT2D eigenvalue weighted by Gasteiger charge is -2.25. The van der Waals surface area contributed by atoms with Crippen LogP contribution in [0.2, 0.25) is 0 Å². The van der Waals surface area contributed by atoms with E-state index in [4.69, 9.17) is 0 Å². The monoisotopic (exact) mass is 404 g/mol. The van der Waals surface area contributed by atoms with Crippen LogP contribution in [0, 0.1) is 11.8 Å². The van der Waals surface area contributed by atoms with Crippen molar-refractivity contribution in [1.82, 2.24) is 0 Å². The van der Waals surface area contributed by atoms with Crippen LogP contribution >= 0.6 is 31.9 Å². The van der Waals surface area contributed by atoms with E-state index in [1.54, 1.807) is 0 Å². The first kappa shape index (κ1) is 13.7. The number of alkyl halides is 2. The maximum Gasteiger partial charge on any atom is 0.160 e. The number of hydrogen-bond donors (Lipinski definition) is 0. The smallest absolute Gasteiger partial charge is 0.160 e. The van der Waals surface area contributed by atoms with Crippen LogP contribution in [0.15, 0.2) is 60.7 Å². The van der Waals surface area contributed by atoms with Gasteiger partial charge in [0, 0.05) is 5.41 Å². The molecule has 0 aromatic heterocycles. The maximum absolute atomic E-state index is 12.2. The van der Waals surface area contributed by atoms with E-state index in [0.717, 1.165) is 0 Å². The van der Waals surface area contributed by atoms with E-state index in [1.165, 1.54) is 11.1 Å². The highest BCUT2D eigenvalue weighted by molar-refractivity contribution is 9.10. The molecule has 2 aliphatic rings. The fourth-order valence-corrected chi connectivity index (χ4v) is 6.55. The van der Waals surface area contributed by atoms with Crippen molar-refractivity contribution in [3.8, 4) is 0 Å². The molecule has 0 spiro atoms. The fraction of sp³-hybridized carbons (Fsp3) is 0.278. The minimum Gasteiger partial charge on any atom is -0.297 e. The summed E-state index contributed by atoms with van der Waals surface area (Å²) in [5.41, 5.74) is 2.58. The van der Waals surface area contributed by atoms with Gasteiger partial charge in [-0.3, -0.25) is 4.79 Å². The second kappa shape index (κ2) is 4.79. The molecule has 0 heterocycles. The summed E-state index contributed by atoms with van der Waals surface area (Å²) < 4.78 is 0. The van der Waals surface area contributed by atoms with E-state index < -0.39 is 0 Å². The van der Waals surface area contributed by atoms with Gasteiger partial charge in [-0.05, 0) is 23.0 Å². The summed E-state index contributed by atoms with van der Waals surface area (Å²) in [6.45, 7) is 0. The summed E-state index contributed by atoms with van der Waals surface area (Å²) in [7, 11) is 0. The molecule has 2 saturated carbocycles. The number of carbonyl (C=O) groups excluding carboxylic acids is 1. The van der Waals surface area contributed by atoms with Crippen molar-refractivity contribution in [1.29, 1.82) is 0 Å². The highest BCUT2D eigenvalue weighted by Crippen LogP contribution is 2.72. The highest BCUT2D eigenvalue weighted by atomic mass is 79.9. The molecule has 106 valence electrons. The molecule has 0 N–H and O–H groups in total. The van der Waals surface area contributed by atoms with E-state index >= 15 is 0 Å². The molecule has 3 heteroatoms. The van der Waals surface area contributed by atoms with Crippen LogP contribution in [-0.4, -0.2) is 15.4 Å². The van der Waals surface area contributed by atoms with Crippen molar-refractivity contribution in [3.63, 3.8) is 0 Å². The molecular formula is C18H14Br2O. The van der Waals surface area contributed by atoms with Crippen molar-refractivity contribution in [2.24, 2.45) is 11.8 Å². The van der Waals surface area contributed by atoms with Crippen LogP contribution in [0.4, 0.5) is 0 Å². The Balaban J connectivity index is 1.90. The van der Waals surface area contributed by atoms with Crippen molar-refractivity contribution in [2.75, 3.05) is 0 Å². The summed E-state index contributed by atoms with van der Waals surface area (Å²) in [6.07, 6.45) is 0. The quantitative estimate of drug-likeness (QED) is 0.679. The first-order chi connectivity index (χ1) is 10.2. The zero-order chi connectivity index (χ0) is 14.6. The minimum atomic E-state index is -0.0627. The number of halogens is 2. The second-order valence-electron chi connectivity index (χ2n) is 5.86. The molecule has 21 heavy (non-hydrogen) atoms. The third-order valence-electron chi connectivity index (χ3n) is 5.01. The molecule has 0 saturated heterocycles. The third-order valence-corrected chi connectivity index (χ3v) is 7.05. The molecule has 2 aromatic carbocycles. The predicted octanol–water partition coefficient (Wildman–Crippen LogP) is 4.33. The van der Waals surface area contributed by atoms with Gasteiger partial charge in [0.05, 0.1) is 9.65 Å². The van der Waals surface area contributed by atoms with E-state index in [-0.39, 0.29) is 20.9 Å². The topological polar surface area (TPSA) is 17.1 Å². The van der Waals surface area contributed by atoms with Gasteiger partial charge in [0.2, 0.25) is 0 Å². The summed E-state index contributed by atoms with van der Waals surface area (Å²) in [5.74, 6) is 0.950. The van der Waals surface area contributed by atoms with Gasteiger partial charge in [-0.2, -0.15) is 0 Å². The average molecular weight is 406 g/mol. The minimum absolute atomic E-state index is 0.0429. The number of ketones is 1. The first-order valence-corrected chi connectivity index (χ1v) is 8.95. The zero-order valence-corrected chi connectivity index (χ0v) is 14.4. The Kier molecular flexibility index (Phi) is 3.13. The zero-order valence-electron chi connectivity index (χ0n) is 11.2. The van der Waals surface area contributed by atoms with Gasteiger partial charge < -0.3 is 0 Å². The molecular weight excluding hydrogens is 392 g/mol. The van der Waals surface area contributed by atoms with Crippen molar-refractivity contribution in [2.45, 2.75) is 15.1 Å². The molecule has 0 amide bonds. The molecule has 1 nitrogen and oxygen atoms in total. The van der Waals surface area contributed by atoms with Gasteiger partial charge in [-0.1, -0.05) is 92.5 Å². The molecule has 2 aromatic rings. The lowest BCUT2D eigenvalue weighted by molar-refractivity contribution is -0.117. The number of benzene rings is 2. The van der Waals surface area contributed by atoms with Gasteiger partial charge in [0.25, 0.3) is 0 Å². The van der Waals surface area contributed by atoms with Gasteiger partial charge in [0.15, 0.2) is 5.78 Å². The van der Waals surface area contributed by atoms with E-state index in [9.17, 15) is 4.79 Å². The largest absolute Gasteiger partial charge is 0.297 e. The summed E-state index contributed by atoms with van der Waals surface area (Å²) in [4.78, 5) is 12.1. The normalized spacial score (nSPS) is 32.8. The van der Waals surface area contributed by atoms with Crippen LogP contribution in [-0.2, 0) is 10.2 Å². The molecule has 0 aliphatic heterocycles. The van der Waals surface area contributed by atoms with E-state index in [1.807, 2.05) is 12.1 Å². The van der Waals surface area contributed by atoms with E-state index in [2.05, 4.69) is 80.4 Å². The Hall–Kier alpha value is -0.930. The van der Waals surface area contributed by atoms with Gasteiger partial charge in [-0.25, -0.2) is 0 Å². The van der Waals surface area contributed by atoms with Crippen LogP contribution in [0.3, 0.4) is 0 Å². The van der Waals surface area contributed by atoms with Crippen molar-refractivity contribution < 1.29 is 4.79 Å². The Bertz CT molecular complexity index is 623. The standard InChI is InChI=1S/C18H14Br2O/c19-15-13-14(16(20)17(15)21)18(13,11-7-3-1-4-8-11)12-9-5-2-6-10-12/h1-10,13-16H. The third kappa shape index (κ3) is 1.71. The molecule has 2 aliphatic carbocycles. The number of fused-ring (bicyclic) bond motifs is 1. The Morgan fingerprint density at radius 3 is 1.48 bits per heavy atom. The van der Waals surface area contributed by atoms with Gasteiger partial charge >= 0.3 is 0 Å². The van der Waals surface area contributed by atoms with E-state index in [0.29, 0.717) is 11.8 Å². The molecule has 0 bridgehead atoms. The van der Waals surface area contributed by atoms with Crippen LogP contribution < -0.4 is 0 Å². The number of carbonyl (C=O) groups is 1. The lowest BCUT2D eigenvalue weighted by atomic mass is 9.81. The lowest BCUT2D eigenvalue weighted by Crippen LogP contribution is -2.30. The number of Topliss-reactive ketones (excluding diaryl/α,β-unsaturated/α-hetero) is 1. The Morgan fingerprint density at radius 2 is 1.10 bits per heavy atom. The summed E-state index contributed by atoms with van der Waals surface area (Å²) in [6, 6.07) is 21.2. The van der Waals surface area contributed by atoms with Crippen LogP contribution in [0.5, 0.6) is 0 Å². The molecule has 4 unspecified atom stereocenters. The van der Waals surface area contributed by atoms with Crippen LogP contribution in [0.1, 0.15) is 11.1 Å². The Labute approximate surface area is 141 Å². The Morgan fingerprint density at radius 1 is 0.714 bits per heavy atom. The molecule has 4 atom stereocenters. The first-order valence-electron chi connectivity index (χ1n) is 7.12. The van der Waals surface area contributed by atoms with Gasteiger partial charge in [-0.15, -0.1) is 0 Å². The van der Waals surface area contributed by atoms with Crippen LogP contribution in [0.25, 0.3) is 0 Å². The number of hydrogen-bond acceptors (Lipinski definition) is 1. The SMILES string of the molecule is O=C1C(Br)C2C(C1Br)C2(c1ccccc1)c1ccccc1. The summed E-state index contributed by atoms with van der Waals surface area (Å²) in [5, 5.41) is 0. The molecule has 0 radical (unpaired) electrons. The summed E-state index contributed by atoms with van der Waals surface area (Å²) >= 11 is 7.28. The van der Waals surface area contributed by atoms with Crippen molar-refractivity contribution in [3.05, 3.63) is 71.8 Å². The average Bonchev–Trinajstić information content (AvgIpc) is 3.19. The highest BCUT2D eigenvalue weighted by Gasteiger charge is 2.76. The molecule has 2 fully saturated rings. The molecule has 4 rings (SSSR count). The van der Waals surface area contributed by atoms with Crippen molar-refractivity contribution >= 4 is 37.6 Å². The maximum atomic E-state index is 12.2. The van der Waals surface area contributed by atoms with Gasteiger partial charge in [0.1, 0.15) is 0 Å². The fourth-order valence-electron chi connectivity index (χ4n) is 4.14. The second-order valence-corrected chi connectivity index (χ2v) is 7.83. The number of rotatable bonds is 2.